The maximum absolute atomic E-state index is 12.9. The Labute approximate surface area is 115 Å². The second kappa shape index (κ2) is 4.80. The molecule has 0 heterocycles. The fourth-order valence-corrected chi connectivity index (χ4v) is 1.89. The molecule has 2 rings (SSSR count). The van der Waals surface area contributed by atoms with Crippen molar-refractivity contribution in [2.24, 2.45) is 0 Å². The van der Waals surface area contributed by atoms with E-state index in [4.69, 9.17) is 16.3 Å². The molecule has 0 aliphatic heterocycles. The van der Waals surface area contributed by atoms with E-state index >= 15 is 0 Å². The van der Waals surface area contributed by atoms with Gasteiger partial charge >= 0.3 is 11.8 Å². The maximum Gasteiger partial charge on any atom is 0.375 e. The summed E-state index contributed by atoms with van der Waals surface area (Å²) in [6, 6.07) is 4.21. The highest BCUT2D eigenvalue weighted by Gasteiger charge is 2.74. The first-order valence-electron chi connectivity index (χ1n) is 5.33. The molecular weight excluding hydrogens is 307 g/mol. The van der Waals surface area contributed by atoms with Gasteiger partial charge in [-0.15, -0.1) is 0 Å². The number of rotatable bonds is 4. The molecule has 0 saturated carbocycles. The van der Waals surface area contributed by atoms with Crippen LogP contribution in [0, 0.1) is 0 Å². The minimum Gasteiger partial charge on any atom is -0.495 e. The summed E-state index contributed by atoms with van der Waals surface area (Å²) >= 11 is 5.79. The van der Waals surface area contributed by atoms with Gasteiger partial charge in [0.15, 0.2) is 0 Å². The average molecular weight is 315 g/mol. The van der Waals surface area contributed by atoms with Crippen molar-refractivity contribution in [3.05, 3.63) is 40.4 Å². The number of benzene rings is 1. The molecule has 0 radical (unpaired) electrons. The Morgan fingerprint density at radius 3 is 2.30 bits per heavy atom. The summed E-state index contributed by atoms with van der Waals surface area (Å²) in [6.45, 7) is -0.516. The van der Waals surface area contributed by atoms with Crippen LogP contribution in [0.15, 0.2) is 29.8 Å². The Kier molecular flexibility index (Phi) is 3.58. The summed E-state index contributed by atoms with van der Waals surface area (Å²) in [4.78, 5) is 0. The molecule has 0 saturated heterocycles. The standard InChI is InChI=1S/C12H8ClF5O2/c1-19-8-3-2-6(4-7(8)13)5-20-10-9(14)11(15,16)12(10,17)18/h2-4H,5H2,1H3. The lowest BCUT2D eigenvalue weighted by Gasteiger charge is -2.35. The highest BCUT2D eigenvalue weighted by Crippen LogP contribution is 2.56. The van der Waals surface area contributed by atoms with Crippen molar-refractivity contribution in [3.63, 3.8) is 0 Å². The molecule has 110 valence electrons. The molecule has 0 amide bonds. The fourth-order valence-electron chi connectivity index (χ4n) is 1.61. The summed E-state index contributed by atoms with van der Waals surface area (Å²) in [5.74, 6) is -13.0. The Morgan fingerprint density at radius 2 is 1.80 bits per heavy atom. The van der Waals surface area contributed by atoms with Crippen LogP contribution in [0.2, 0.25) is 5.02 Å². The van der Waals surface area contributed by atoms with Crippen LogP contribution in [0.4, 0.5) is 22.0 Å². The molecule has 1 aromatic carbocycles. The van der Waals surface area contributed by atoms with Gasteiger partial charge in [-0.05, 0) is 17.7 Å². The van der Waals surface area contributed by atoms with Gasteiger partial charge in [0.1, 0.15) is 12.4 Å². The second-order valence-corrected chi connectivity index (χ2v) is 4.46. The zero-order valence-corrected chi connectivity index (χ0v) is 10.8. The quantitative estimate of drug-likeness (QED) is 0.770. The van der Waals surface area contributed by atoms with E-state index in [1.165, 1.54) is 25.3 Å². The maximum atomic E-state index is 12.9. The highest BCUT2D eigenvalue weighted by atomic mass is 35.5. The zero-order chi connectivity index (χ0) is 15.1. The molecule has 1 aromatic rings. The van der Waals surface area contributed by atoms with Gasteiger partial charge in [0.05, 0.1) is 12.1 Å². The number of alkyl halides is 4. The Balaban J connectivity index is 2.11. The van der Waals surface area contributed by atoms with Crippen LogP contribution in [-0.4, -0.2) is 19.0 Å². The highest BCUT2D eigenvalue weighted by molar-refractivity contribution is 6.32. The van der Waals surface area contributed by atoms with Gasteiger partial charge in [0.2, 0.25) is 11.6 Å². The normalized spacial score (nSPS) is 19.6. The summed E-state index contributed by atoms with van der Waals surface area (Å²) < 4.78 is 73.1. The Morgan fingerprint density at radius 1 is 1.15 bits per heavy atom. The first-order chi connectivity index (χ1) is 9.21. The van der Waals surface area contributed by atoms with Crippen molar-refractivity contribution in [2.75, 3.05) is 7.11 Å². The third kappa shape index (κ3) is 2.09. The monoisotopic (exact) mass is 314 g/mol. The van der Waals surface area contributed by atoms with E-state index in [0.29, 0.717) is 11.3 Å². The lowest BCUT2D eigenvalue weighted by Crippen LogP contribution is -2.53. The van der Waals surface area contributed by atoms with Crippen LogP contribution in [-0.2, 0) is 11.3 Å². The largest absolute Gasteiger partial charge is 0.495 e. The van der Waals surface area contributed by atoms with Crippen LogP contribution in [0.3, 0.4) is 0 Å². The molecule has 0 unspecified atom stereocenters. The topological polar surface area (TPSA) is 18.5 Å². The molecule has 0 fully saturated rings. The second-order valence-electron chi connectivity index (χ2n) is 4.05. The summed E-state index contributed by atoms with van der Waals surface area (Å²) in [5.41, 5.74) is 0.308. The van der Waals surface area contributed by atoms with Gasteiger partial charge in [-0.1, -0.05) is 17.7 Å². The van der Waals surface area contributed by atoms with E-state index < -0.39 is 30.0 Å². The molecule has 1 aliphatic rings. The van der Waals surface area contributed by atoms with Crippen molar-refractivity contribution in [1.82, 2.24) is 0 Å². The van der Waals surface area contributed by atoms with Crippen LogP contribution in [0.5, 0.6) is 5.75 Å². The zero-order valence-electron chi connectivity index (χ0n) is 10.0. The van der Waals surface area contributed by atoms with Crippen molar-refractivity contribution in [1.29, 1.82) is 0 Å². The van der Waals surface area contributed by atoms with Crippen LogP contribution < -0.4 is 4.74 Å². The van der Waals surface area contributed by atoms with E-state index in [-0.39, 0.29) is 5.02 Å². The number of allylic oxidation sites excluding steroid dienone is 2. The van der Waals surface area contributed by atoms with Crippen LogP contribution in [0.25, 0.3) is 0 Å². The number of methoxy groups -OCH3 is 1. The lowest BCUT2D eigenvalue weighted by molar-refractivity contribution is -0.233. The molecule has 0 N–H and O–H groups in total. The van der Waals surface area contributed by atoms with Crippen LogP contribution in [0.1, 0.15) is 5.56 Å². The lowest BCUT2D eigenvalue weighted by atomic mass is 9.96. The summed E-state index contributed by atoms with van der Waals surface area (Å²) in [7, 11) is 1.38. The molecule has 0 bridgehead atoms. The summed E-state index contributed by atoms with van der Waals surface area (Å²) in [6.07, 6.45) is 0. The first kappa shape index (κ1) is 14.9. The molecule has 0 spiro atoms. The van der Waals surface area contributed by atoms with Gasteiger partial charge in [-0.2, -0.15) is 17.6 Å². The summed E-state index contributed by atoms with van der Waals surface area (Å²) in [5, 5.41) is 0.189. The molecule has 0 aromatic heterocycles. The Bertz CT molecular complexity index is 571. The smallest absolute Gasteiger partial charge is 0.375 e. The molecule has 2 nitrogen and oxygen atoms in total. The molecular formula is C12H8ClF5O2. The van der Waals surface area contributed by atoms with E-state index in [9.17, 15) is 22.0 Å². The molecule has 20 heavy (non-hydrogen) atoms. The van der Waals surface area contributed by atoms with Gasteiger partial charge in [0, 0.05) is 0 Å². The van der Waals surface area contributed by atoms with Crippen molar-refractivity contribution < 1.29 is 31.4 Å². The van der Waals surface area contributed by atoms with E-state index in [1.807, 2.05) is 0 Å². The molecule has 1 aliphatic carbocycles. The van der Waals surface area contributed by atoms with Crippen molar-refractivity contribution in [3.8, 4) is 5.75 Å². The average Bonchev–Trinajstić information content (AvgIpc) is 2.38. The SMILES string of the molecule is COc1ccc(COC2=C(F)C(F)(F)C2(F)F)cc1Cl. The first-order valence-corrected chi connectivity index (χ1v) is 5.71. The third-order valence-corrected chi connectivity index (χ3v) is 3.05. The number of hydrogen-bond donors (Lipinski definition) is 0. The van der Waals surface area contributed by atoms with Crippen molar-refractivity contribution in [2.45, 2.75) is 18.5 Å². The van der Waals surface area contributed by atoms with Crippen molar-refractivity contribution >= 4 is 11.6 Å². The number of hydrogen-bond acceptors (Lipinski definition) is 2. The van der Waals surface area contributed by atoms with Gasteiger partial charge in [-0.3, -0.25) is 0 Å². The van der Waals surface area contributed by atoms with Crippen LogP contribution >= 0.6 is 11.6 Å². The third-order valence-electron chi connectivity index (χ3n) is 2.75. The Hall–Kier alpha value is -1.50. The predicted octanol–water partition coefficient (Wildman–Crippen LogP) is 4.33. The van der Waals surface area contributed by atoms with E-state index in [2.05, 4.69) is 4.74 Å². The van der Waals surface area contributed by atoms with Gasteiger partial charge in [0.25, 0.3) is 0 Å². The van der Waals surface area contributed by atoms with E-state index in [0.717, 1.165) is 0 Å². The predicted molar refractivity (Wildman–Crippen MR) is 60.8 cm³/mol. The minimum atomic E-state index is -4.81. The number of halogens is 6. The number of ether oxygens (including phenoxy) is 2. The molecule has 8 heteroatoms. The van der Waals surface area contributed by atoms with Gasteiger partial charge in [-0.25, -0.2) is 4.39 Å². The van der Waals surface area contributed by atoms with E-state index in [1.54, 1.807) is 0 Å². The minimum absolute atomic E-state index is 0.189. The fraction of sp³-hybridized carbons (Fsp3) is 0.333. The molecule has 0 atom stereocenters. The van der Waals surface area contributed by atoms with Gasteiger partial charge < -0.3 is 9.47 Å².